The van der Waals surface area contributed by atoms with Gasteiger partial charge in [0.15, 0.2) is 0 Å². The quantitative estimate of drug-likeness (QED) is 0.898. The molecule has 2 amide bonds. The first-order valence-corrected chi connectivity index (χ1v) is 7.29. The summed E-state index contributed by atoms with van der Waals surface area (Å²) in [5.74, 6) is -0.305. The molecule has 118 valence electrons. The van der Waals surface area contributed by atoms with Crippen LogP contribution in [0.5, 0.6) is 0 Å². The summed E-state index contributed by atoms with van der Waals surface area (Å²) in [5, 5.41) is 11.7. The van der Waals surface area contributed by atoms with E-state index >= 15 is 0 Å². The number of carbonyl (C=O) groups excluding carboxylic acids is 1. The molecule has 2 heterocycles. The molecule has 3 rings (SSSR count). The summed E-state index contributed by atoms with van der Waals surface area (Å²) in [6.45, 7) is 0.719. The van der Waals surface area contributed by atoms with Crippen LogP contribution in [0.25, 0.3) is 11.1 Å². The molecule has 23 heavy (non-hydrogen) atoms. The molecule has 1 aromatic carbocycles. The maximum absolute atomic E-state index is 12.1. The topological polar surface area (TPSA) is 95.4 Å². The lowest BCUT2D eigenvalue weighted by atomic mass is 10.1. The molecule has 1 saturated heterocycles. The van der Waals surface area contributed by atoms with Gasteiger partial charge in [0, 0.05) is 37.1 Å². The number of rotatable bonds is 3. The van der Waals surface area contributed by atoms with E-state index in [1.165, 1.54) is 4.90 Å². The van der Waals surface area contributed by atoms with Crippen LogP contribution < -0.4 is 5.32 Å². The largest absolute Gasteiger partial charge is 0.465 e. The minimum absolute atomic E-state index is 0.0819. The monoisotopic (exact) mass is 312 g/mol. The van der Waals surface area contributed by atoms with E-state index in [1.807, 2.05) is 30.3 Å². The Morgan fingerprint density at radius 2 is 1.83 bits per heavy atom. The second-order valence-corrected chi connectivity index (χ2v) is 5.35. The smallest absolute Gasteiger partial charge is 0.407 e. The minimum atomic E-state index is -0.967. The number of nitrogens with zero attached hydrogens (tertiary/aromatic N) is 3. The molecule has 1 aliphatic heterocycles. The highest BCUT2D eigenvalue weighted by Gasteiger charge is 2.27. The van der Waals surface area contributed by atoms with Gasteiger partial charge < -0.3 is 15.3 Å². The van der Waals surface area contributed by atoms with Crippen LogP contribution >= 0.6 is 0 Å². The van der Waals surface area contributed by atoms with Crippen LogP contribution in [0.15, 0.2) is 42.7 Å². The number of hydrogen-bond donors (Lipinski definition) is 2. The Morgan fingerprint density at radius 1 is 1.13 bits per heavy atom. The van der Waals surface area contributed by atoms with Gasteiger partial charge in [-0.2, -0.15) is 0 Å². The Kier molecular flexibility index (Phi) is 4.18. The molecule has 0 aliphatic carbocycles. The molecule has 0 bridgehead atoms. The van der Waals surface area contributed by atoms with E-state index in [2.05, 4.69) is 15.3 Å². The number of nitrogens with one attached hydrogen (secondary N) is 1. The SMILES string of the molecule is O=C(N[C@@H]1CCN(C(=O)O)C1)c1ncc(-c2ccccc2)cn1. The molecule has 0 unspecified atom stereocenters. The minimum Gasteiger partial charge on any atom is -0.465 e. The Labute approximate surface area is 133 Å². The Balaban J connectivity index is 1.63. The van der Waals surface area contributed by atoms with Crippen LogP contribution in [0.1, 0.15) is 17.0 Å². The zero-order valence-corrected chi connectivity index (χ0v) is 12.3. The Bertz CT molecular complexity index is 703. The normalized spacial score (nSPS) is 17.0. The van der Waals surface area contributed by atoms with Gasteiger partial charge in [0.25, 0.3) is 5.91 Å². The van der Waals surface area contributed by atoms with E-state index < -0.39 is 6.09 Å². The second kappa shape index (κ2) is 6.43. The predicted molar refractivity (Wildman–Crippen MR) is 82.9 cm³/mol. The molecule has 0 radical (unpaired) electrons. The molecule has 2 aromatic rings. The Morgan fingerprint density at radius 3 is 2.43 bits per heavy atom. The molecule has 7 nitrogen and oxygen atoms in total. The third kappa shape index (κ3) is 3.45. The van der Waals surface area contributed by atoms with Crippen molar-refractivity contribution < 1.29 is 14.7 Å². The van der Waals surface area contributed by atoms with E-state index in [9.17, 15) is 9.59 Å². The average molecular weight is 312 g/mol. The fraction of sp³-hybridized carbons (Fsp3) is 0.250. The van der Waals surface area contributed by atoms with Gasteiger partial charge in [-0.3, -0.25) is 4.79 Å². The summed E-state index contributed by atoms with van der Waals surface area (Å²) in [5.41, 5.74) is 1.81. The fourth-order valence-corrected chi connectivity index (χ4v) is 2.53. The summed E-state index contributed by atoms with van der Waals surface area (Å²) in [7, 11) is 0. The molecule has 1 aliphatic rings. The highest BCUT2D eigenvalue weighted by Crippen LogP contribution is 2.16. The zero-order chi connectivity index (χ0) is 16.2. The van der Waals surface area contributed by atoms with E-state index in [4.69, 9.17) is 5.11 Å². The molecule has 2 N–H and O–H groups in total. The van der Waals surface area contributed by atoms with Crippen molar-refractivity contribution in [2.75, 3.05) is 13.1 Å². The maximum Gasteiger partial charge on any atom is 0.407 e. The second-order valence-electron chi connectivity index (χ2n) is 5.35. The van der Waals surface area contributed by atoms with Crippen molar-refractivity contribution in [3.8, 4) is 11.1 Å². The van der Waals surface area contributed by atoms with Crippen molar-refractivity contribution in [1.82, 2.24) is 20.2 Å². The highest BCUT2D eigenvalue weighted by molar-refractivity contribution is 5.90. The van der Waals surface area contributed by atoms with Gasteiger partial charge in [-0.15, -0.1) is 0 Å². The van der Waals surface area contributed by atoms with Gasteiger partial charge in [-0.05, 0) is 12.0 Å². The van der Waals surface area contributed by atoms with Gasteiger partial charge in [-0.25, -0.2) is 14.8 Å². The molecule has 1 aromatic heterocycles. The van der Waals surface area contributed by atoms with Crippen molar-refractivity contribution in [2.45, 2.75) is 12.5 Å². The standard InChI is InChI=1S/C16H16N4O3/c21-15(19-13-6-7-20(10-13)16(22)23)14-17-8-12(9-18-14)11-4-2-1-3-5-11/h1-5,8-9,13H,6-7,10H2,(H,19,21)(H,22,23)/t13-/m1/s1. The van der Waals surface area contributed by atoms with Crippen LogP contribution in [-0.4, -0.2) is 51.1 Å². The highest BCUT2D eigenvalue weighted by atomic mass is 16.4. The number of carbonyl (C=O) groups is 2. The summed E-state index contributed by atoms with van der Waals surface area (Å²) < 4.78 is 0. The molecule has 1 fully saturated rings. The molecular weight excluding hydrogens is 296 g/mol. The number of benzene rings is 1. The maximum atomic E-state index is 12.1. The van der Waals surface area contributed by atoms with Gasteiger partial charge in [0.1, 0.15) is 0 Å². The first-order chi connectivity index (χ1) is 11.1. The Hall–Kier alpha value is -2.96. The van der Waals surface area contributed by atoms with E-state index in [0.29, 0.717) is 19.5 Å². The van der Waals surface area contributed by atoms with E-state index in [1.54, 1.807) is 12.4 Å². The van der Waals surface area contributed by atoms with Crippen molar-refractivity contribution in [1.29, 1.82) is 0 Å². The lowest BCUT2D eigenvalue weighted by Gasteiger charge is -2.13. The van der Waals surface area contributed by atoms with Gasteiger partial charge in [-0.1, -0.05) is 30.3 Å². The molecule has 7 heteroatoms. The van der Waals surface area contributed by atoms with Crippen molar-refractivity contribution in [3.63, 3.8) is 0 Å². The predicted octanol–water partition coefficient (Wildman–Crippen LogP) is 1.63. The van der Waals surface area contributed by atoms with Crippen LogP contribution in [0.3, 0.4) is 0 Å². The summed E-state index contributed by atoms with van der Waals surface area (Å²) >= 11 is 0. The van der Waals surface area contributed by atoms with E-state index in [-0.39, 0.29) is 17.8 Å². The van der Waals surface area contributed by atoms with Gasteiger partial charge in [0.05, 0.1) is 0 Å². The number of carboxylic acid groups (broad SMARTS) is 1. The number of likely N-dealkylation sites (tertiary alicyclic amines) is 1. The first-order valence-electron chi connectivity index (χ1n) is 7.29. The molecule has 0 spiro atoms. The van der Waals surface area contributed by atoms with Crippen LogP contribution in [-0.2, 0) is 0 Å². The number of amides is 2. The van der Waals surface area contributed by atoms with Gasteiger partial charge in [0.2, 0.25) is 5.82 Å². The summed E-state index contributed by atoms with van der Waals surface area (Å²) in [6, 6.07) is 9.45. The van der Waals surface area contributed by atoms with Crippen molar-refractivity contribution in [2.24, 2.45) is 0 Å². The van der Waals surface area contributed by atoms with Crippen LogP contribution in [0.2, 0.25) is 0 Å². The lowest BCUT2D eigenvalue weighted by Crippen LogP contribution is -2.38. The van der Waals surface area contributed by atoms with Crippen LogP contribution in [0, 0.1) is 0 Å². The van der Waals surface area contributed by atoms with Crippen molar-refractivity contribution >= 4 is 12.0 Å². The zero-order valence-electron chi connectivity index (χ0n) is 12.3. The van der Waals surface area contributed by atoms with Crippen LogP contribution in [0.4, 0.5) is 4.79 Å². The number of aromatic nitrogens is 2. The van der Waals surface area contributed by atoms with Gasteiger partial charge >= 0.3 is 6.09 Å². The fourth-order valence-electron chi connectivity index (χ4n) is 2.53. The third-order valence-electron chi connectivity index (χ3n) is 3.76. The average Bonchev–Trinajstić information content (AvgIpc) is 3.04. The third-order valence-corrected chi connectivity index (χ3v) is 3.76. The summed E-state index contributed by atoms with van der Waals surface area (Å²) in [4.78, 5) is 32.5. The first kappa shape index (κ1) is 15.0. The number of hydrogen-bond acceptors (Lipinski definition) is 4. The summed E-state index contributed by atoms with van der Waals surface area (Å²) in [6.07, 6.45) is 2.84. The molecule has 1 atom stereocenters. The molecular formula is C16H16N4O3. The lowest BCUT2D eigenvalue weighted by molar-refractivity contribution is 0.0925. The molecule has 0 saturated carbocycles. The van der Waals surface area contributed by atoms with E-state index in [0.717, 1.165) is 11.1 Å². The van der Waals surface area contributed by atoms with Crippen molar-refractivity contribution in [3.05, 3.63) is 48.5 Å².